The molecule has 0 aliphatic heterocycles. The van der Waals surface area contributed by atoms with Crippen LogP contribution in [0.5, 0.6) is 5.88 Å². The van der Waals surface area contributed by atoms with Crippen molar-refractivity contribution in [2.24, 2.45) is 0 Å². The van der Waals surface area contributed by atoms with Crippen molar-refractivity contribution < 1.29 is 4.74 Å². The molecule has 0 radical (unpaired) electrons. The first-order chi connectivity index (χ1) is 8.83. The Balaban J connectivity index is 1.78. The topological polar surface area (TPSA) is 34.1 Å². The molecule has 3 nitrogen and oxygen atoms in total. The van der Waals surface area contributed by atoms with Gasteiger partial charge in [0.05, 0.1) is 0 Å². The normalized spacial score (nSPS) is 23.3. The Hall–Kier alpha value is -1.09. The molecule has 0 atom stereocenters. The Morgan fingerprint density at radius 3 is 2.42 bits per heavy atom. The van der Waals surface area contributed by atoms with E-state index in [4.69, 9.17) is 4.74 Å². The third kappa shape index (κ3) is 4.20. The Kier molecular flexibility index (Phi) is 4.14. The molecule has 1 N–H and O–H groups in total. The van der Waals surface area contributed by atoms with Crippen LogP contribution in [0.15, 0.2) is 18.3 Å². The van der Waals surface area contributed by atoms with Crippen LogP contribution in [0, 0.1) is 0 Å². The molecular formula is C16H26N2O. The molecule has 106 valence electrons. The number of hydrogen-bond donors (Lipinski definition) is 1. The average Bonchev–Trinajstić information content (AvgIpc) is 2.25. The van der Waals surface area contributed by atoms with Crippen molar-refractivity contribution in [3.63, 3.8) is 0 Å². The van der Waals surface area contributed by atoms with Gasteiger partial charge in [0.2, 0.25) is 5.88 Å². The second-order valence-electron chi connectivity index (χ2n) is 6.89. The lowest BCUT2D eigenvalue weighted by molar-refractivity contribution is 0.0694. The summed E-state index contributed by atoms with van der Waals surface area (Å²) in [7, 11) is 0. The molecule has 0 spiro atoms. The molecule has 1 heterocycles. The summed E-state index contributed by atoms with van der Waals surface area (Å²) in [6, 6.07) is 4.68. The number of pyridine rings is 1. The van der Waals surface area contributed by atoms with Crippen LogP contribution in [0.2, 0.25) is 0 Å². The molecule has 1 aliphatic carbocycles. The van der Waals surface area contributed by atoms with E-state index in [-0.39, 0.29) is 5.54 Å². The van der Waals surface area contributed by atoms with Crippen molar-refractivity contribution in [1.82, 2.24) is 10.3 Å². The van der Waals surface area contributed by atoms with E-state index < -0.39 is 0 Å². The van der Waals surface area contributed by atoms with Crippen LogP contribution < -0.4 is 10.1 Å². The minimum Gasteiger partial charge on any atom is -0.474 e. The zero-order valence-electron chi connectivity index (χ0n) is 12.7. The maximum absolute atomic E-state index is 5.88. The summed E-state index contributed by atoms with van der Waals surface area (Å²) in [5.41, 5.74) is 1.44. The highest BCUT2D eigenvalue weighted by atomic mass is 16.5. The molecule has 0 amide bonds. The zero-order valence-corrected chi connectivity index (χ0v) is 12.7. The lowest BCUT2D eigenvalue weighted by Gasteiger charge is -2.39. The van der Waals surface area contributed by atoms with Crippen molar-refractivity contribution in [3.8, 4) is 5.88 Å². The van der Waals surface area contributed by atoms with Crippen LogP contribution in [-0.2, 0) is 0 Å². The summed E-state index contributed by atoms with van der Waals surface area (Å²) in [4.78, 5) is 4.38. The van der Waals surface area contributed by atoms with Gasteiger partial charge in [0.25, 0.3) is 0 Å². The second-order valence-corrected chi connectivity index (χ2v) is 6.89. The molecule has 2 rings (SSSR count). The highest BCUT2D eigenvalue weighted by molar-refractivity contribution is 5.20. The SMILES string of the molecule is CC(C)c1ccc(O[C@H]2C[C@H](NC(C)(C)C)C2)nc1. The van der Waals surface area contributed by atoms with E-state index in [1.165, 1.54) is 5.56 Å². The van der Waals surface area contributed by atoms with Crippen LogP contribution in [0.25, 0.3) is 0 Å². The molecule has 19 heavy (non-hydrogen) atoms. The minimum atomic E-state index is 0.187. The lowest BCUT2D eigenvalue weighted by atomic mass is 9.87. The van der Waals surface area contributed by atoms with Crippen LogP contribution in [-0.4, -0.2) is 22.7 Å². The maximum Gasteiger partial charge on any atom is 0.213 e. The van der Waals surface area contributed by atoms with E-state index in [0.717, 1.165) is 18.7 Å². The Morgan fingerprint density at radius 2 is 1.95 bits per heavy atom. The Morgan fingerprint density at radius 1 is 1.26 bits per heavy atom. The predicted molar refractivity (Wildman–Crippen MR) is 78.7 cm³/mol. The number of rotatable bonds is 4. The molecule has 0 saturated heterocycles. The van der Waals surface area contributed by atoms with Gasteiger partial charge in [0.1, 0.15) is 6.10 Å². The highest BCUT2D eigenvalue weighted by Gasteiger charge is 2.33. The Labute approximate surface area is 116 Å². The lowest BCUT2D eigenvalue weighted by Crippen LogP contribution is -2.53. The van der Waals surface area contributed by atoms with Gasteiger partial charge < -0.3 is 10.1 Å². The maximum atomic E-state index is 5.88. The number of nitrogens with zero attached hydrogens (tertiary/aromatic N) is 1. The van der Waals surface area contributed by atoms with Crippen molar-refractivity contribution in [2.45, 2.75) is 71.1 Å². The van der Waals surface area contributed by atoms with Crippen LogP contribution >= 0.6 is 0 Å². The summed E-state index contributed by atoms with van der Waals surface area (Å²) >= 11 is 0. The van der Waals surface area contributed by atoms with Gasteiger partial charge in [-0.15, -0.1) is 0 Å². The fourth-order valence-corrected chi connectivity index (χ4v) is 2.37. The van der Waals surface area contributed by atoms with Gasteiger partial charge in [-0.3, -0.25) is 0 Å². The van der Waals surface area contributed by atoms with Crippen molar-refractivity contribution in [2.75, 3.05) is 0 Å². The molecule has 1 aromatic rings. The van der Waals surface area contributed by atoms with Crippen LogP contribution in [0.3, 0.4) is 0 Å². The van der Waals surface area contributed by atoms with Gasteiger partial charge in [0.15, 0.2) is 0 Å². The van der Waals surface area contributed by atoms with Gasteiger partial charge in [-0.1, -0.05) is 19.9 Å². The molecular weight excluding hydrogens is 236 g/mol. The van der Waals surface area contributed by atoms with Gasteiger partial charge in [-0.2, -0.15) is 0 Å². The first-order valence-electron chi connectivity index (χ1n) is 7.24. The summed E-state index contributed by atoms with van der Waals surface area (Å²) in [5, 5.41) is 3.59. The number of aromatic nitrogens is 1. The quantitative estimate of drug-likeness (QED) is 0.901. The van der Waals surface area contributed by atoms with Crippen molar-refractivity contribution >= 4 is 0 Å². The Bertz CT molecular complexity index is 400. The first kappa shape index (κ1) is 14.3. The van der Waals surface area contributed by atoms with Gasteiger partial charge in [-0.25, -0.2) is 4.98 Å². The minimum absolute atomic E-state index is 0.187. The van der Waals surface area contributed by atoms with E-state index in [0.29, 0.717) is 18.1 Å². The van der Waals surface area contributed by atoms with Gasteiger partial charge in [-0.05, 0) is 45.1 Å². The van der Waals surface area contributed by atoms with E-state index in [2.05, 4.69) is 51.0 Å². The number of ether oxygens (including phenoxy) is 1. The van der Waals surface area contributed by atoms with Gasteiger partial charge >= 0.3 is 0 Å². The van der Waals surface area contributed by atoms with Crippen molar-refractivity contribution in [3.05, 3.63) is 23.9 Å². The monoisotopic (exact) mass is 262 g/mol. The first-order valence-corrected chi connectivity index (χ1v) is 7.24. The molecule has 1 aromatic heterocycles. The molecule has 0 bridgehead atoms. The van der Waals surface area contributed by atoms with Crippen LogP contribution in [0.4, 0.5) is 0 Å². The van der Waals surface area contributed by atoms with E-state index in [1.807, 2.05) is 12.3 Å². The molecule has 1 aliphatic rings. The van der Waals surface area contributed by atoms with E-state index in [9.17, 15) is 0 Å². The van der Waals surface area contributed by atoms with Crippen molar-refractivity contribution in [1.29, 1.82) is 0 Å². The van der Waals surface area contributed by atoms with E-state index in [1.54, 1.807) is 0 Å². The third-order valence-electron chi connectivity index (χ3n) is 3.45. The van der Waals surface area contributed by atoms with E-state index >= 15 is 0 Å². The fourth-order valence-electron chi connectivity index (χ4n) is 2.37. The smallest absolute Gasteiger partial charge is 0.213 e. The number of nitrogens with one attached hydrogen (secondary N) is 1. The zero-order chi connectivity index (χ0) is 14.0. The highest BCUT2D eigenvalue weighted by Crippen LogP contribution is 2.27. The summed E-state index contributed by atoms with van der Waals surface area (Å²) in [5.74, 6) is 1.27. The summed E-state index contributed by atoms with van der Waals surface area (Å²) < 4.78 is 5.88. The molecule has 3 heteroatoms. The summed E-state index contributed by atoms with van der Waals surface area (Å²) in [6.07, 6.45) is 4.39. The molecule has 0 aromatic carbocycles. The molecule has 1 fully saturated rings. The van der Waals surface area contributed by atoms with Crippen LogP contribution in [0.1, 0.15) is 58.9 Å². The van der Waals surface area contributed by atoms with Gasteiger partial charge in [0, 0.05) is 23.8 Å². The molecule has 0 unspecified atom stereocenters. The fraction of sp³-hybridized carbons (Fsp3) is 0.688. The molecule has 1 saturated carbocycles. The largest absolute Gasteiger partial charge is 0.474 e. The standard InChI is InChI=1S/C16H26N2O/c1-11(2)12-6-7-15(17-10-12)19-14-8-13(9-14)18-16(3,4)5/h6-7,10-11,13-14,18H,8-9H2,1-5H3/t13-,14-. The summed E-state index contributed by atoms with van der Waals surface area (Å²) in [6.45, 7) is 11.0. The second kappa shape index (κ2) is 5.49. The average molecular weight is 262 g/mol. The number of hydrogen-bond acceptors (Lipinski definition) is 3. The predicted octanol–water partition coefficient (Wildman–Crippen LogP) is 3.50. The third-order valence-corrected chi connectivity index (χ3v) is 3.45.